The Morgan fingerprint density at radius 1 is 1.15 bits per heavy atom. The molecule has 4 nitrogen and oxygen atoms in total. The first-order valence-electron chi connectivity index (χ1n) is 6.10. The second kappa shape index (κ2) is 4.56. The summed E-state index contributed by atoms with van der Waals surface area (Å²) in [6.07, 6.45) is 1.67. The van der Waals surface area contributed by atoms with Crippen LogP contribution in [0.5, 0.6) is 0 Å². The number of nitrogens with one attached hydrogen (secondary N) is 1. The van der Waals surface area contributed by atoms with Gasteiger partial charge in [-0.2, -0.15) is 5.26 Å². The summed E-state index contributed by atoms with van der Waals surface area (Å²) >= 11 is 0. The van der Waals surface area contributed by atoms with Crippen molar-refractivity contribution in [2.75, 3.05) is 5.73 Å². The van der Waals surface area contributed by atoms with Crippen LogP contribution < -0.4 is 5.73 Å². The Bertz CT molecular complexity index is 838. The number of ketones is 1. The fourth-order valence-electron chi connectivity index (χ4n) is 2.17. The summed E-state index contributed by atoms with van der Waals surface area (Å²) in [6, 6.07) is 14.1. The van der Waals surface area contributed by atoms with Gasteiger partial charge in [-0.1, -0.05) is 0 Å². The molecule has 0 radical (unpaired) electrons. The quantitative estimate of drug-likeness (QED) is 0.549. The molecule has 2 aromatic carbocycles. The molecule has 0 bridgehead atoms. The number of aromatic nitrogens is 1. The van der Waals surface area contributed by atoms with Gasteiger partial charge in [0.25, 0.3) is 0 Å². The van der Waals surface area contributed by atoms with E-state index in [1.165, 1.54) is 0 Å². The standard InChI is InChI=1S/C16H11N3O/c17-8-10-1-6-15-13(7-10)14(9-19-15)16(20)11-2-4-12(18)5-3-11/h1-7,9,19H,18H2. The van der Waals surface area contributed by atoms with Gasteiger partial charge in [-0.05, 0) is 42.5 Å². The van der Waals surface area contributed by atoms with Crippen LogP contribution in [0.25, 0.3) is 10.9 Å². The number of carbonyl (C=O) groups is 1. The maximum Gasteiger partial charge on any atom is 0.195 e. The highest BCUT2D eigenvalue weighted by Gasteiger charge is 2.14. The van der Waals surface area contributed by atoms with Gasteiger partial charge in [0.1, 0.15) is 0 Å². The van der Waals surface area contributed by atoms with Crippen molar-refractivity contribution < 1.29 is 4.79 Å². The second-order valence-electron chi connectivity index (χ2n) is 4.53. The van der Waals surface area contributed by atoms with E-state index >= 15 is 0 Å². The molecule has 3 aromatic rings. The Kier molecular flexibility index (Phi) is 2.73. The van der Waals surface area contributed by atoms with Gasteiger partial charge in [-0.25, -0.2) is 0 Å². The summed E-state index contributed by atoms with van der Waals surface area (Å²) < 4.78 is 0. The molecule has 1 heterocycles. The average Bonchev–Trinajstić information content (AvgIpc) is 2.90. The van der Waals surface area contributed by atoms with Crippen molar-refractivity contribution in [3.63, 3.8) is 0 Å². The normalized spacial score (nSPS) is 10.3. The van der Waals surface area contributed by atoms with Crippen LogP contribution in [0, 0.1) is 11.3 Å². The number of rotatable bonds is 2. The summed E-state index contributed by atoms with van der Waals surface area (Å²) in [4.78, 5) is 15.5. The van der Waals surface area contributed by atoms with E-state index in [4.69, 9.17) is 11.0 Å². The Balaban J connectivity index is 2.12. The topological polar surface area (TPSA) is 82.7 Å². The lowest BCUT2D eigenvalue weighted by Gasteiger charge is -2.01. The van der Waals surface area contributed by atoms with Crippen LogP contribution in [0.15, 0.2) is 48.7 Å². The minimum atomic E-state index is -0.0914. The summed E-state index contributed by atoms with van der Waals surface area (Å²) in [5, 5.41) is 9.71. The number of fused-ring (bicyclic) bond motifs is 1. The lowest BCUT2D eigenvalue weighted by atomic mass is 10.0. The molecular formula is C16H11N3O. The smallest absolute Gasteiger partial charge is 0.195 e. The van der Waals surface area contributed by atoms with Gasteiger partial charge in [-0.15, -0.1) is 0 Å². The molecule has 0 saturated carbocycles. The number of benzene rings is 2. The van der Waals surface area contributed by atoms with Crippen molar-refractivity contribution >= 4 is 22.4 Å². The predicted molar refractivity (Wildman–Crippen MR) is 77.3 cm³/mol. The van der Waals surface area contributed by atoms with Gasteiger partial charge in [0.05, 0.1) is 11.6 Å². The number of nitrogen functional groups attached to an aromatic ring is 1. The van der Waals surface area contributed by atoms with Gasteiger partial charge in [0.15, 0.2) is 5.78 Å². The number of hydrogen-bond donors (Lipinski definition) is 2. The molecule has 0 saturated heterocycles. The number of nitrogens with two attached hydrogens (primary N) is 1. The highest BCUT2D eigenvalue weighted by Crippen LogP contribution is 2.22. The van der Waals surface area contributed by atoms with Crippen LogP contribution in [0.4, 0.5) is 5.69 Å². The molecule has 0 atom stereocenters. The molecule has 20 heavy (non-hydrogen) atoms. The van der Waals surface area contributed by atoms with Crippen molar-refractivity contribution in [3.05, 3.63) is 65.4 Å². The van der Waals surface area contributed by atoms with Gasteiger partial charge in [0.2, 0.25) is 0 Å². The molecule has 3 N–H and O–H groups in total. The minimum Gasteiger partial charge on any atom is -0.399 e. The van der Waals surface area contributed by atoms with Crippen LogP contribution in [-0.2, 0) is 0 Å². The Morgan fingerprint density at radius 2 is 1.90 bits per heavy atom. The molecule has 0 aliphatic heterocycles. The summed E-state index contributed by atoms with van der Waals surface area (Å²) in [5.74, 6) is -0.0914. The Labute approximate surface area is 115 Å². The van der Waals surface area contributed by atoms with E-state index in [2.05, 4.69) is 11.1 Å². The molecule has 0 unspecified atom stereocenters. The van der Waals surface area contributed by atoms with Gasteiger partial charge in [0, 0.05) is 33.9 Å². The zero-order valence-electron chi connectivity index (χ0n) is 10.6. The van der Waals surface area contributed by atoms with Crippen molar-refractivity contribution in [2.24, 2.45) is 0 Å². The van der Waals surface area contributed by atoms with Crippen LogP contribution in [0.1, 0.15) is 21.5 Å². The average molecular weight is 261 g/mol. The second-order valence-corrected chi connectivity index (χ2v) is 4.53. The molecule has 0 spiro atoms. The number of hydrogen-bond acceptors (Lipinski definition) is 3. The Hall–Kier alpha value is -3.06. The first-order chi connectivity index (χ1) is 9.69. The maximum atomic E-state index is 12.5. The molecule has 0 aliphatic rings. The fraction of sp³-hybridized carbons (Fsp3) is 0. The Morgan fingerprint density at radius 3 is 2.60 bits per heavy atom. The predicted octanol–water partition coefficient (Wildman–Crippen LogP) is 2.85. The highest BCUT2D eigenvalue weighted by molar-refractivity contribution is 6.16. The van der Waals surface area contributed by atoms with E-state index in [-0.39, 0.29) is 5.78 Å². The number of anilines is 1. The number of aromatic amines is 1. The van der Waals surface area contributed by atoms with Crippen molar-refractivity contribution in [2.45, 2.75) is 0 Å². The largest absolute Gasteiger partial charge is 0.399 e. The van der Waals surface area contributed by atoms with Gasteiger partial charge >= 0.3 is 0 Å². The van der Waals surface area contributed by atoms with E-state index in [0.717, 1.165) is 10.9 Å². The van der Waals surface area contributed by atoms with Crippen LogP contribution in [0.2, 0.25) is 0 Å². The molecule has 4 heteroatoms. The number of H-pyrrole nitrogens is 1. The molecule has 0 fully saturated rings. The summed E-state index contributed by atoms with van der Waals surface area (Å²) in [5.41, 5.74) is 8.73. The molecule has 0 aliphatic carbocycles. The first-order valence-corrected chi connectivity index (χ1v) is 6.10. The van der Waals surface area contributed by atoms with Gasteiger partial charge in [-0.3, -0.25) is 4.79 Å². The van der Waals surface area contributed by atoms with Crippen LogP contribution >= 0.6 is 0 Å². The lowest BCUT2D eigenvalue weighted by molar-refractivity contribution is 0.104. The van der Waals surface area contributed by atoms with Crippen molar-refractivity contribution in [1.29, 1.82) is 5.26 Å². The monoisotopic (exact) mass is 261 g/mol. The van der Waals surface area contributed by atoms with Crippen LogP contribution in [-0.4, -0.2) is 10.8 Å². The SMILES string of the molecule is N#Cc1ccc2[nH]cc(C(=O)c3ccc(N)cc3)c2c1. The number of nitrogens with zero attached hydrogens (tertiary/aromatic N) is 1. The molecule has 3 rings (SSSR count). The zero-order valence-corrected chi connectivity index (χ0v) is 10.6. The molecule has 96 valence electrons. The highest BCUT2D eigenvalue weighted by atomic mass is 16.1. The van der Waals surface area contributed by atoms with Crippen molar-refractivity contribution in [3.8, 4) is 6.07 Å². The van der Waals surface area contributed by atoms with Crippen molar-refractivity contribution in [1.82, 2.24) is 4.98 Å². The van der Waals surface area contributed by atoms with E-state index in [1.807, 2.05) is 0 Å². The molecule has 1 aromatic heterocycles. The molecule has 0 amide bonds. The third kappa shape index (κ3) is 1.91. The van der Waals surface area contributed by atoms with Gasteiger partial charge < -0.3 is 10.7 Å². The van der Waals surface area contributed by atoms with E-state index < -0.39 is 0 Å². The summed E-state index contributed by atoms with van der Waals surface area (Å²) in [6.45, 7) is 0. The summed E-state index contributed by atoms with van der Waals surface area (Å²) in [7, 11) is 0. The third-order valence-corrected chi connectivity index (χ3v) is 3.23. The minimum absolute atomic E-state index is 0.0914. The lowest BCUT2D eigenvalue weighted by Crippen LogP contribution is -2.00. The fourth-order valence-corrected chi connectivity index (χ4v) is 2.17. The van der Waals surface area contributed by atoms with E-state index in [1.54, 1.807) is 48.7 Å². The number of carbonyl (C=O) groups excluding carboxylic acids is 1. The third-order valence-electron chi connectivity index (χ3n) is 3.23. The molecular weight excluding hydrogens is 250 g/mol. The zero-order chi connectivity index (χ0) is 14.1. The first kappa shape index (κ1) is 12.0. The van der Waals surface area contributed by atoms with E-state index in [0.29, 0.717) is 22.4 Å². The number of nitriles is 1. The van der Waals surface area contributed by atoms with E-state index in [9.17, 15) is 4.79 Å². The maximum absolute atomic E-state index is 12.5. The van der Waals surface area contributed by atoms with Crippen LogP contribution in [0.3, 0.4) is 0 Å².